The van der Waals surface area contributed by atoms with E-state index in [9.17, 15) is 0 Å². The Balaban J connectivity index is 1.81. The van der Waals surface area contributed by atoms with E-state index in [1.54, 1.807) is 0 Å². The molecule has 178 valence electrons. The molecule has 0 aliphatic heterocycles. The van der Waals surface area contributed by atoms with E-state index in [1.807, 2.05) is 13.0 Å². The summed E-state index contributed by atoms with van der Waals surface area (Å²) in [5.41, 5.74) is 8.03. The molecular formula is C34H42. The number of rotatable bonds is 11. The standard InChI is InChI=1S/C34H42/c1-5-9-15-27(8-4)29-18-22-31(23-19-29)33(13-6-2)26-34(14-7-3)32-24-20-30(21-25-32)28-16-11-10-12-17-28/h5,8-9,11,15-24,26,32,34H,4,6-7,10,12-14,25H2,1-3H3/b9-5-,27-15+,33-26+. The van der Waals surface area contributed by atoms with Crippen molar-refractivity contribution in [2.75, 3.05) is 0 Å². The molecule has 2 aliphatic carbocycles. The summed E-state index contributed by atoms with van der Waals surface area (Å²) in [6.45, 7) is 10.6. The molecule has 1 aromatic carbocycles. The molecule has 2 unspecified atom stereocenters. The summed E-state index contributed by atoms with van der Waals surface area (Å²) in [6.07, 6.45) is 33.3. The lowest BCUT2D eigenvalue weighted by Gasteiger charge is -2.25. The van der Waals surface area contributed by atoms with Crippen LogP contribution in [-0.2, 0) is 0 Å². The second kappa shape index (κ2) is 13.8. The minimum atomic E-state index is 0.578. The monoisotopic (exact) mass is 450 g/mol. The van der Waals surface area contributed by atoms with E-state index >= 15 is 0 Å². The van der Waals surface area contributed by atoms with Gasteiger partial charge < -0.3 is 0 Å². The van der Waals surface area contributed by atoms with Gasteiger partial charge in [0.15, 0.2) is 0 Å². The van der Waals surface area contributed by atoms with Crippen LogP contribution < -0.4 is 0 Å². The van der Waals surface area contributed by atoms with Crippen LogP contribution in [0.1, 0.15) is 76.8 Å². The van der Waals surface area contributed by atoms with E-state index in [0.717, 1.165) is 24.8 Å². The predicted molar refractivity (Wildman–Crippen MR) is 152 cm³/mol. The number of allylic oxidation sites excluding steroid dienone is 15. The van der Waals surface area contributed by atoms with Gasteiger partial charge in [-0.25, -0.2) is 0 Å². The minimum Gasteiger partial charge on any atom is -0.0984 e. The third-order valence-electron chi connectivity index (χ3n) is 6.84. The van der Waals surface area contributed by atoms with Gasteiger partial charge in [0.1, 0.15) is 0 Å². The maximum Gasteiger partial charge on any atom is -0.0132 e. The Bertz CT molecular complexity index is 1010. The van der Waals surface area contributed by atoms with Gasteiger partial charge in [0.05, 0.1) is 0 Å². The third-order valence-corrected chi connectivity index (χ3v) is 6.84. The highest BCUT2D eigenvalue weighted by Crippen LogP contribution is 2.34. The molecular weight excluding hydrogens is 408 g/mol. The lowest BCUT2D eigenvalue weighted by molar-refractivity contribution is 0.441. The van der Waals surface area contributed by atoms with Gasteiger partial charge >= 0.3 is 0 Å². The molecule has 2 atom stereocenters. The Hall–Kier alpha value is -2.86. The quantitative estimate of drug-likeness (QED) is 0.294. The van der Waals surface area contributed by atoms with E-state index in [-0.39, 0.29) is 0 Å². The maximum atomic E-state index is 3.99. The first-order valence-electron chi connectivity index (χ1n) is 13.2. The van der Waals surface area contributed by atoms with Crippen molar-refractivity contribution < 1.29 is 0 Å². The van der Waals surface area contributed by atoms with Gasteiger partial charge in [-0.15, -0.1) is 0 Å². The molecule has 3 rings (SSSR count). The first-order chi connectivity index (χ1) is 16.7. The molecule has 0 bridgehead atoms. The molecule has 2 aliphatic rings. The van der Waals surface area contributed by atoms with E-state index in [2.05, 4.69) is 105 Å². The second-order valence-corrected chi connectivity index (χ2v) is 9.38. The lowest BCUT2D eigenvalue weighted by atomic mass is 9.79. The van der Waals surface area contributed by atoms with Crippen LogP contribution in [0.15, 0.2) is 109 Å². The fourth-order valence-electron chi connectivity index (χ4n) is 4.96. The highest BCUT2D eigenvalue weighted by atomic mass is 14.2. The summed E-state index contributed by atoms with van der Waals surface area (Å²) in [7, 11) is 0. The van der Waals surface area contributed by atoms with E-state index in [1.165, 1.54) is 53.5 Å². The molecule has 0 spiro atoms. The minimum absolute atomic E-state index is 0.578. The predicted octanol–water partition coefficient (Wildman–Crippen LogP) is 10.2. The molecule has 0 heterocycles. The van der Waals surface area contributed by atoms with Crippen molar-refractivity contribution in [3.05, 3.63) is 120 Å². The zero-order chi connectivity index (χ0) is 24.2. The summed E-state index contributed by atoms with van der Waals surface area (Å²) >= 11 is 0. The second-order valence-electron chi connectivity index (χ2n) is 9.38. The highest BCUT2D eigenvalue weighted by molar-refractivity contribution is 5.76. The van der Waals surface area contributed by atoms with Crippen molar-refractivity contribution in [3.8, 4) is 0 Å². The smallest absolute Gasteiger partial charge is 0.0132 e. The molecule has 0 nitrogen and oxygen atoms in total. The zero-order valence-corrected chi connectivity index (χ0v) is 21.5. The van der Waals surface area contributed by atoms with Crippen LogP contribution in [0.4, 0.5) is 0 Å². The summed E-state index contributed by atoms with van der Waals surface area (Å²) in [5.74, 6) is 1.16. The van der Waals surface area contributed by atoms with Gasteiger partial charge in [-0.05, 0) is 84.3 Å². The average molecular weight is 451 g/mol. The van der Waals surface area contributed by atoms with Crippen molar-refractivity contribution in [2.45, 2.75) is 65.7 Å². The Morgan fingerprint density at radius 1 is 1.00 bits per heavy atom. The molecule has 0 aromatic heterocycles. The van der Waals surface area contributed by atoms with Gasteiger partial charge in [0.25, 0.3) is 0 Å². The van der Waals surface area contributed by atoms with E-state index in [4.69, 9.17) is 0 Å². The Morgan fingerprint density at radius 2 is 1.76 bits per heavy atom. The lowest BCUT2D eigenvalue weighted by Crippen LogP contribution is -2.13. The van der Waals surface area contributed by atoms with Crippen molar-refractivity contribution in [2.24, 2.45) is 11.8 Å². The largest absolute Gasteiger partial charge is 0.0984 e. The molecule has 0 heteroatoms. The van der Waals surface area contributed by atoms with Gasteiger partial charge in [-0.3, -0.25) is 0 Å². The number of hydrogen-bond acceptors (Lipinski definition) is 0. The molecule has 0 radical (unpaired) electrons. The van der Waals surface area contributed by atoms with Crippen LogP contribution >= 0.6 is 0 Å². The molecule has 0 saturated carbocycles. The zero-order valence-electron chi connectivity index (χ0n) is 21.5. The van der Waals surface area contributed by atoms with Gasteiger partial charge in [-0.1, -0.05) is 124 Å². The molecule has 0 saturated heterocycles. The number of hydrogen-bond donors (Lipinski definition) is 0. The van der Waals surface area contributed by atoms with E-state index in [0.29, 0.717) is 11.8 Å². The molecule has 1 aromatic rings. The SMILES string of the molecule is C=C/C(=C\C=C/C)c1ccc(/C(=C/C(CCC)C2C=CC(C3=CCCC=C3)=CC2)CCC)cc1. The summed E-state index contributed by atoms with van der Waals surface area (Å²) in [6, 6.07) is 9.07. The normalized spacial score (nSPS) is 19.8. The fraction of sp³-hybridized carbons (Fsp3) is 0.353. The fourth-order valence-corrected chi connectivity index (χ4v) is 4.96. The van der Waals surface area contributed by atoms with Crippen LogP contribution in [0.25, 0.3) is 11.1 Å². The number of benzene rings is 1. The van der Waals surface area contributed by atoms with Crippen LogP contribution in [0, 0.1) is 11.8 Å². The third kappa shape index (κ3) is 7.07. The first kappa shape index (κ1) is 25.8. The maximum absolute atomic E-state index is 3.99. The summed E-state index contributed by atoms with van der Waals surface area (Å²) in [4.78, 5) is 0. The van der Waals surface area contributed by atoms with E-state index < -0.39 is 0 Å². The topological polar surface area (TPSA) is 0 Å². The Labute approximate surface area is 208 Å². The van der Waals surface area contributed by atoms with Crippen molar-refractivity contribution in [1.82, 2.24) is 0 Å². The van der Waals surface area contributed by atoms with Gasteiger partial charge in [-0.2, -0.15) is 0 Å². The van der Waals surface area contributed by atoms with Crippen LogP contribution in [0.2, 0.25) is 0 Å². The van der Waals surface area contributed by atoms with Gasteiger partial charge in [0.2, 0.25) is 0 Å². The van der Waals surface area contributed by atoms with Crippen LogP contribution in [-0.4, -0.2) is 0 Å². The Kier molecular flexibility index (Phi) is 10.4. The van der Waals surface area contributed by atoms with Crippen LogP contribution in [0.3, 0.4) is 0 Å². The highest BCUT2D eigenvalue weighted by Gasteiger charge is 2.20. The van der Waals surface area contributed by atoms with Crippen molar-refractivity contribution in [3.63, 3.8) is 0 Å². The summed E-state index contributed by atoms with van der Waals surface area (Å²) < 4.78 is 0. The van der Waals surface area contributed by atoms with Gasteiger partial charge in [0, 0.05) is 0 Å². The Morgan fingerprint density at radius 3 is 2.35 bits per heavy atom. The average Bonchev–Trinajstić information content (AvgIpc) is 2.89. The van der Waals surface area contributed by atoms with Crippen molar-refractivity contribution >= 4 is 11.1 Å². The first-order valence-corrected chi connectivity index (χ1v) is 13.2. The molecule has 0 amide bonds. The van der Waals surface area contributed by atoms with Crippen LogP contribution in [0.5, 0.6) is 0 Å². The summed E-state index contributed by atoms with van der Waals surface area (Å²) in [5, 5.41) is 0. The van der Waals surface area contributed by atoms with Crippen molar-refractivity contribution in [1.29, 1.82) is 0 Å². The molecule has 0 fully saturated rings. The molecule has 0 N–H and O–H groups in total. The molecule has 34 heavy (non-hydrogen) atoms.